The Labute approximate surface area is 119 Å². The largest absolute Gasteiger partial charge is 0.369 e. The van der Waals surface area contributed by atoms with Crippen LogP contribution in [-0.4, -0.2) is 12.5 Å². The van der Waals surface area contributed by atoms with Crippen molar-refractivity contribution in [1.82, 2.24) is 0 Å². The minimum absolute atomic E-state index is 0.190. The zero-order chi connectivity index (χ0) is 15.0. The van der Waals surface area contributed by atoms with Gasteiger partial charge in [0.25, 0.3) is 0 Å². The van der Waals surface area contributed by atoms with Crippen LogP contribution in [0.25, 0.3) is 0 Å². The summed E-state index contributed by atoms with van der Waals surface area (Å²) in [6, 6.07) is 8.62. The van der Waals surface area contributed by atoms with Crippen molar-refractivity contribution in [2.45, 2.75) is 6.04 Å². The van der Waals surface area contributed by atoms with E-state index in [0.717, 1.165) is 6.07 Å². The zero-order valence-electron chi connectivity index (χ0n) is 10.9. The number of hydrogen-bond acceptors (Lipinski definition) is 3. The van der Waals surface area contributed by atoms with Gasteiger partial charge in [-0.3, -0.25) is 4.99 Å². The fourth-order valence-corrected chi connectivity index (χ4v) is 2.46. The van der Waals surface area contributed by atoms with Gasteiger partial charge in [0.1, 0.15) is 17.5 Å². The molecule has 1 atom stereocenters. The van der Waals surface area contributed by atoms with Crippen LogP contribution in [0.1, 0.15) is 11.6 Å². The Morgan fingerprint density at radius 1 is 1.00 bits per heavy atom. The molecule has 0 amide bonds. The number of benzene rings is 2. The summed E-state index contributed by atoms with van der Waals surface area (Å²) in [4.78, 5) is 5.66. The van der Waals surface area contributed by atoms with Crippen LogP contribution in [0.15, 0.2) is 47.5 Å². The number of halogens is 3. The third-order valence-corrected chi connectivity index (χ3v) is 3.34. The van der Waals surface area contributed by atoms with Crippen molar-refractivity contribution in [2.75, 3.05) is 11.4 Å². The van der Waals surface area contributed by atoms with Crippen LogP contribution >= 0.6 is 0 Å². The van der Waals surface area contributed by atoms with Gasteiger partial charge >= 0.3 is 0 Å². The molecular formula is C15H12F3N3. The molecule has 2 aromatic rings. The van der Waals surface area contributed by atoms with Gasteiger partial charge in [-0.1, -0.05) is 6.07 Å². The van der Waals surface area contributed by atoms with Gasteiger partial charge in [-0.05, 0) is 35.9 Å². The molecule has 0 fully saturated rings. The highest BCUT2D eigenvalue weighted by molar-refractivity contribution is 5.97. The zero-order valence-corrected chi connectivity index (χ0v) is 10.9. The third kappa shape index (κ3) is 2.56. The highest BCUT2D eigenvalue weighted by Gasteiger charge is 2.29. The average Bonchev–Trinajstić information content (AvgIpc) is 2.79. The van der Waals surface area contributed by atoms with Gasteiger partial charge in [0.2, 0.25) is 0 Å². The van der Waals surface area contributed by atoms with Crippen molar-refractivity contribution in [2.24, 2.45) is 10.7 Å². The summed E-state index contributed by atoms with van der Waals surface area (Å²) in [6.45, 7) is 0.255. The topological polar surface area (TPSA) is 41.6 Å². The average molecular weight is 291 g/mol. The highest BCUT2D eigenvalue weighted by Crippen LogP contribution is 2.32. The van der Waals surface area contributed by atoms with Crippen molar-refractivity contribution in [3.05, 3.63) is 65.5 Å². The van der Waals surface area contributed by atoms with Crippen molar-refractivity contribution in [1.29, 1.82) is 0 Å². The van der Waals surface area contributed by atoms with Crippen molar-refractivity contribution in [3.63, 3.8) is 0 Å². The lowest BCUT2D eigenvalue weighted by atomic mass is 10.1. The van der Waals surface area contributed by atoms with Crippen molar-refractivity contribution in [3.8, 4) is 0 Å². The molecule has 2 aromatic carbocycles. The molecule has 21 heavy (non-hydrogen) atoms. The number of hydrogen-bond donors (Lipinski definition) is 1. The number of guanidine groups is 1. The maximum atomic E-state index is 13.4. The molecule has 1 heterocycles. The summed E-state index contributed by atoms with van der Waals surface area (Å²) in [7, 11) is 0. The molecule has 108 valence electrons. The Bertz CT molecular complexity index is 695. The number of anilines is 1. The van der Waals surface area contributed by atoms with Crippen molar-refractivity contribution < 1.29 is 13.2 Å². The molecule has 1 unspecified atom stereocenters. The number of nitrogens with two attached hydrogens (primary N) is 1. The van der Waals surface area contributed by atoms with E-state index in [0.29, 0.717) is 11.3 Å². The predicted octanol–water partition coefficient (Wildman–Crippen LogP) is 2.98. The summed E-state index contributed by atoms with van der Waals surface area (Å²) >= 11 is 0. The van der Waals surface area contributed by atoms with E-state index in [2.05, 4.69) is 4.99 Å². The quantitative estimate of drug-likeness (QED) is 0.924. The number of rotatable bonds is 2. The Kier molecular flexibility index (Phi) is 3.29. The first-order chi connectivity index (χ1) is 10.0. The molecule has 0 radical (unpaired) electrons. The molecule has 0 aromatic heterocycles. The van der Waals surface area contributed by atoms with Crippen LogP contribution in [0.3, 0.4) is 0 Å². The van der Waals surface area contributed by atoms with Gasteiger partial charge in [-0.2, -0.15) is 0 Å². The van der Waals surface area contributed by atoms with E-state index in [1.54, 1.807) is 17.0 Å². The first-order valence-electron chi connectivity index (χ1n) is 6.35. The summed E-state index contributed by atoms with van der Waals surface area (Å²) in [5.41, 5.74) is 6.72. The smallest absolute Gasteiger partial charge is 0.196 e. The van der Waals surface area contributed by atoms with Crippen LogP contribution in [0.4, 0.5) is 18.9 Å². The predicted molar refractivity (Wildman–Crippen MR) is 74.5 cm³/mol. The van der Waals surface area contributed by atoms with Crippen LogP contribution in [0, 0.1) is 17.5 Å². The number of aliphatic imine (C=N–C) groups is 1. The monoisotopic (exact) mass is 291 g/mol. The Morgan fingerprint density at radius 2 is 1.71 bits per heavy atom. The van der Waals surface area contributed by atoms with Crippen LogP contribution in [0.2, 0.25) is 0 Å². The van der Waals surface area contributed by atoms with E-state index in [1.165, 1.54) is 24.3 Å². The van der Waals surface area contributed by atoms with Gasteiger partial charge in [0.15, 0.2) is 5.96 Å². The third-order valence-electron chi connectivity index (χ3n) is 3.34. The van der Waals surface area contributed by atoms with E-state index in [4.69, 9.17) is 5.73 Å². The van der Waals surface area contributed by atoms with E-state index >= 15 is 0 Å². The minimum atomic E-state index is -0.672. The van der Waals surface area contributed by atoms with Gasteiger partial charge in [0, 0.05) is 11.8 Å². The molecule has 1 aliphatic heterocycles. The van der Waals surface area contributed by atoms with Crippen LogP contribution in [0.5, 0.6) is 0 Å². The molecule has 2 N–H and O–H groups in total. The van der Waals surface area contributed by atoms with Crippen LogP contribution in [-0.2, 0) is 0 Å². The standard InChI is InChI=1S/C15H12F3N3/c16-10-2-1-3-13(7-10)21-14(8-20-15(21)19)9-4-11(17)6-12(18)5-9/h1-7,14H,8H2,(H2,19,20). The van der Waals surface area contributed by atoms with Gasteiger partial charge in [-0.25, -0.2) is 13.2 Å². The van der Waals surface area contributed by atoms with Gasteiger partial charge in [0.05, 0.1) is 12.6 Å². The first kappa shape index (κ1) is 13.5. The SMILES string of the molecule is NC1=NCC(c2cc(F)cc(F)c2)N1c1cccc(F)c1. The maximum absolute atomic E-state index is 13.4. The van der Waals surface area contributed by atoms with E-state index in [1.807, 2.05) is 0 Å². The van der Waals surface area contributed by atoms with E-state index in [9.17, 15) is 13.2 Å². The Morgan fingerprint density at radius 3 is 2.38 bits per heavy atom. The molecular weight excluding hydrogens is 279 g/mol. The molecule has 3 nitrogen and oxygen atoms in total. The summed E-state index contributed by atoms with van der Waals surface area (Å²) in [5, 5.41) is 0. The second-order valence-corrected chi connectivity index (χ2v) is 4.77. The highest BCUT2D eigenvalue weighted by atomic mass is 19.1. The Balaban J connectivity index is 2.02. The molecule has 6 heteroatoms. The maximum Gasteiger partial charge on any atom is 0.196 e. The molecule has 0 aliphatic carbocycles. The second-order valence-electron chi connectivity index (χ2n) is 4.77. The summed E-state index contributed by atoms with van der Waals surface area (Å²) in [6.07, 6.45) is 0. The second kappa shape index (κ2) is 5.12. The molecule has 0 saturated carbocycles. The lowest BCUT2D eigenvalue weighted by molar-refractivity contribution is 0.575. The molecule has 1 aliphatic rings. The molecule has 3 rings (SSSR count). The van der Waals surface area contributed by atoms with Crippen LogP contribution < -0.4 is 10.6 Å². The lowest BCUT2D eigenvalue weighted by Crippen LogP contribution is -2.36. The summed E-state index contributed by atoms with van der Waals surface area (Å²) in [5.74, 6) is -1.57. The molecule has 0 saturated heterocycles. The van der Waals surface area contributed by atoms with E-state index in [-0.39, 0.29) is 12.5 Å². The normalized spacial score (nSPS) is 18.0. The van der Waals surface area contributed by atoms with E-state index < -0.39 is 23.5 Å². The number of nitrogens with zero attached hydrogens (tertiary/aromatic N) is 2. The fourth-order valence-electron chi connectivity index (χ4n) is 2.46. The Hall–Kier alpha value is -2.50. The summed E-state index contributed by atoms with van der Waals surface area (Å²) < 4.78 is 40.1. The van der Waals surface area contributed by atoms with Gasteiger partial charge in [-0.15, -0.1) is 0 Å². The van der Waals surface area contributed by atoms with Gasteiger partial charge < -0.3 is 10.6 Å². The minimum Gasteiger partial charge on any atom is -0.369 e. The van der Waals surface area contributed by atoms with Crippen molar-refractivity contribution >= 4 is 11.6 Å². The molecule has 0 bridgehead atoms. The lowest BCUT2D eigenvalue weighted by Gasteiger charge is -2.26. The first-order valence-corrected chi connectivity index (χ1v) is 6.35. The fraction of sp³-hybridized carbons (Fsp3) is 0.133. The molecule has 0 spiro atoms.